The Bertz CT molecular complexity index is 629. The summed E-state index contributed by atoms with van der Waals surface area (Å²) in [6, 6.07) is 9.95. The smallest absolute Gasteiger partial charge is 0.148 e. The molecule has 2 rings (SSSR count). The van der Waals surface area contributed by atoms with Gasteiger partial charge in [0.2, 0.25) is 0 Å². The summed E-state index contributed by atoms with van der Waals surface area (Å²) in [4.78, 5) is 4.22. The molecule has 0 amide bonds. The van der Waals surface area contributed by atoms with Crippen LogP contribution < -0.4 is 5.32 Å². The maximum absolute atomic E-state index is 9.15. The molecule has 0 unspecified atom stereocenters. The van der Waals surface area contributed by atoms with Crippen LogP contribution in [0.3, 0.4) is 0 Å². The molecule has 0 radical (unpaired) electrons. The molecule has 1 aromatic heterocycles. The third-order valence-electron chi connectivity index (χ3n) is 2.71. The molecule has 1 N–H and O–H groups in total. The van der Waals surface area contributed by atoms with E-state index in [0.717, 1.165) is 21.3 Å². The molecule has 0 aliphatic heterocycles. The number of aryl methyl sites for hydroxylation is 2. The van der Waals surface area contributed by atoms with Gasteiger partial charge in [-0.25, -0.2) is 4.98 Å². The highest BCUT2D eigenvalue weighted by molar-refractivity contribution is 9.10. The number of benzene rings is 1. The molecule has 0 bridgehead atoms. The number of nitrogens with one attached hydrogen (secondary N) is 1. The van der Waals surface area contributed by atoms with Crippen LogP contribution in [0, 0.1) is 25.2 Å². The minimum Gasteiger partial charge on any atom is -0.339 e. The first-order valence-corrected chi connectivity index (χ1v) is 6.30. The molecule has 0 saturated carbocycles. The topological polar surface area (TPSA) is 48.7 Å². The van der Waals surface area contributed by atoms with Crippen LogP contribution >= 0.6 is 15.9 Å². The predicted octanol–water partition coefficient (Wildman–Crippen LogP) is 4.08. The Kier molecular flexibility index (Phi) is 3.63. The van der Waals surface area contributed by atoms with Crippen molar-refractivity contribution in [2.24, 2.45) is 0 Å². The number of pyridine rings is 1. The second kappa shape index (κ2) is 5.19. The fourth-order valence-corrected chi connectivity index (χ4v) is 2.16. The van der Waals surface area contributed by atoms with Crippen molar-refractivity contribution in [2.45, 2.75) is 13.8 Å². The minimum atomic E-state index is 0.583. The van der Waals surface area contributed by atoms with Gasteiger partial charge in [0.1, 0.15) is 11.9 Å². The van der Waals surface area contributed by atoms with E-state index in [2.05, 4.69) is 32.3 Å². The van der Waals surface area contributed by atoms with Crippen LogP contribution in [0.2, 0.25) is 0 Å². The standard InChI is InChI=1S/C14H12BrN3/c1-9-5-6-17-14(12(9)8-16)18-13-4-3-11(15)7-10(13)2/h3-7H,1-2H3,(H,17,18). The highest BCUT2D eigenvalue weighted by Crippen LogP contribution is 2.25. The summed E-state index contributed by atoms with van der Waals surface area (Å²) in [6.45, 7) is 3.91. The van der Waals surface area contributed by atoms with Gasteiger partial charge in [-0.3, -0.25) is 0 Å². The van der Waals surface area contributed by atoms with Gasteiger partial charge in [-0.05, 0) is 49.2 Å². The molecule has 0 saturated heterocycles. The maximum Gasteiger partial charge on any atom is 0.148 e. The van der Waals surface area contributed by atoms with Gasteiger partial charge in [-0.1, -0.05) is 15.9 Å². The molecule has 0 fully saturated rings. The Balaban J connectivity index is 2.41. The fraction of sp³-hybridized carbons (Fsp3) is 0.143. The van der Waals surface area contributed by atoms with E-state index in [4.69, 9.17) is 5.26 Å². The summed E-state index contributed by atoms with van der Waals surface area (Å²) in [7, 11) is 0. The minimum absolute atomic E-state index is 0.583. The van der Waals surface area contributed by atoms with Gasteiger partial charge in [0.05, 0.1) is 5.56 Å². The summed E-state index contributed by atoms with van der Waals surface area (Å²) in [5.74, 6) is 0.600. The number of halogens is 1. The van der Waals surface area contributed by atoms with E-state index in [-0.39, 0.29) is 0 Å². The van der Waals surface area contributed by atoms with Crippen molar-refractivity contribution in [3.63, 3.8) is 0 Å². The van der Waals surface area contributed by atoms with E-state index in [1.165, 1.54) is 0 Å². The molecule has 90 valence electrons. The Morgan fingerprint density at radius 3 is 2.67 bits per heavy atom. The molecule has 1 aromatic carbocycles. The van der Waals surface area contributed by atoms with Crippen LogP contribution in [-0.2, 0) is 0 Å². The van der Waals surface area contributed by atoms with Crippen molar-refractivity contribution in [3.8, 4) is 6.07 Å². The number of hydrogen-bond donors (Lipinski definition) is 1. The molecule has 1 heterocycles. The number of aromatic nitrogens is 1. The van der Waals surface area contributed by atoms with Gasteiger partial charge in [-0.2, -0.15) is 5.26 Å². The van der Waals surface area contributed by atoms with Gasteiger partial charge in [0.15, 0.2) is 0 Å². The normalized spacial score (nSPS) is 9.89. The van der Waals surface area contributed by atoms with Gasteiger partial charge < -0.3 is 5.32 Å². The lowest BCUT2D eigenvalue weighted by molar-refractivity contribution is 1.24. The summed E-state index contributed by atoms with van der Waals surface area (Å²) in [6.07, 6.45) is 1.70. The van der Waals surface area contributed by atoms with Crippen LogP contribution in [0.1, 0.15) is 16.7 Å². The lowest BCUT2D eigenvalue weighted by atomic mass is 10.1. The average Bonchev–Trinajstić information content (AvgIpc) is 2.33. The Morgan fingerprint density at radius 1 is 1.22 bits per heavy atom. The first-order valence-electron chi connectivity index (χ1n) is 5.50. The largest absolute Gasteiger partial charge is 0.339 e. The van der Waals surface area contributed by atoms with E-state index in [0.29, 0.717) is 11.4 Å². The van der Waals surface area contributed by atoms with E-state index >= 15 is 0 Å². The maximum atomic E-state index is 9.15. The van der Waals surface area contributed by atoms with Crippen LogP contribution in [0.15, 0.2) is 34.9 Å². The Hall–Kier alpha value is -1.86. The Labute approximate surface area is 115 Å². The van der Waals surface area contributed by atoms with E-state index in [1.54, 1.807) is 6.20 Å². The molecule has 18 heavy (non-hydrogen) atoms. The van der Waals surface area contributed by atoms with E-state index < -0.39 is 0 Å². The van der Waals surface area contributed by atoms with Crippen molar-refractivity contribution in [1.29, 1.82) is 5.26 Å². The van der Waals surface area contributed by atoms with Crippen LogP contribution in [-0.4, -0.2) is 4.98 Å². The third kappa shape index (κ3) is 2.52. The zero-order valence-electron chi connectivity index (χ0n) is 10.2. The average molecular weight is 302 g/mol. The van der Waals surface area contributed by atoms with Crippen molar-refractivity contribution >= 4 is 27.4 Å². The number of hydrogen-bond acceptors (Lipinski definition) is 3. The van der Waals surface area contributed by atoms with Crippen LogP contribution in [0.4, 0.5) is 11.5 Å². The molecule has 0 aliphatic rings. The second-order valence-corrected chi connectivity index (χ2v) is 4.96. The third-order valence-corrected chi connectivity index (χ3v) is 3.21. The van der Waals surface area contributed by atoms with Gasteiger partial charge in [0.25, 0.3) is 0 Å². The zero-order valence-corrected chi connectivity index (χ0v) is 11.7. The first kappa shape index (κ1) is 12.6. The summed E-state index contributed by atoms with van der Waals surface area (Å²) < 4.78 is 1.03. The summed E-state index contributed by atoms with van der Waals surface area (Å²) in [5.41, 5.74) is 3.55. The number of anilines is 2. The number of nitriles is 1. The molecule has 0 spiro atoms. The second-order valence-electron chi connectivity index (χ2n) is 4.05. The molecule has 4 heteroatoms. The lowest BCUT2D eigenvalue weighted by Crippen LogP contribution is -1.99. The molecule has 3 nitrogen and oxygen atoms in total. The molecule has 0 atom stereocenters. The quantitative estimate of drug-likeness (QED) is 0.909. The predicted molar refractivity (Wildman–Crippen MR) is 75.9 cm³/mol. The number of nitrogens with zero attached hydrogens (tertiary/aromatic N) is 2. The zero-order chi connectivity index (χ0) is 13.1. The molecule has 0 aliphatic carbocycles. The van der Waals surface area contributed by atoms with E-state index in [9.17, 15) is 0 Å². The summed E-state index contributed by atoms with van der Waals surface area (Å²) in [5, 5.41) is 12.4. The van der Waals surface area contributed by atoms with Crippen molar-refractivity contribution < 1.29 is 0 Å². The first-order chi connectivity index (χ1) is 8.61. The molecular formula is C14H12BrN3. The monoisotopic (exact) mass is 301 g/mol. The van der Waals surface area contributed by atoms with Gasteiger partial charge in [-0.15, -0.1) is 0 Å². The van der Waals surface area contributed by atoms with Crippen LogP contribution in [0.5, 0.6) is 0 Å². The van der Waals surface area contributed by atoms with Crippen LogP contribution in [0.25, 0.3) is 0 Å². The SMILES string of the molecule is Cc1cc(Br)ccc1Nc1nccc(C)c1C#N. The van der Waals surface area contributed by atoms with Gasteiger partial charge >= 0.3 is 0 Å². The fourth-order valence-electron chi connectivity index (χ4n) is 1.69. The summed E-state index contributed by atoms with van der Waals surface area (Å²) >= 11 is 3.43. The molecular weight excluding hydrogens is 290 g/mol. The van der Waals surface area contributed by atoms with Crippen molar-refractivity contribution in [2.75, 3.05) is 5.32 Å². The molecule has 2 aromatic rings. The van der Waals surface area contributed by atoms with E-state index in [1.807, 2.05) is 38.1 Å². The number of rotatable bonds is 2. The highest BCUT2D eigenvalue weighted by Gasteiger charge is 2.08. The lowest BCUT2D eigenvalue weighted by Gasteiger charge is -2.11. The highest BCUT2D eigenvalue weighted by atomic mass is 79.9. The Morgan fingerprint density at radius 2 is 2.00 bits per heavy atom. The van der Waals surface area contributed by atoms with Gasteiger partial charge in [0, 0.05) is 16.4 Å². The van der Waals surface area contributed by atoms with Crippen molar-refractivity contribution in [3.05, 3.63) is 51.6 Å². The van der Waals surface area contributed by atoms with Crippen molar-refractivity contribution in [1.82, 2.24) is 4.98 Å².